The van der Waals surface area contributed by atoms with Crippen LogP contribution in [0.15, 0.2) is 54.9 Å². The molecule has 0 fully saturated rings. The Morgan fingerprint density at radius 1 is 1.15 bits per heavy atom. The summed E-state index contributed by atoms with van der Waals surface area (Å²) in [5.74, 6) is 0.178. The van der Waals surface area contributed by atoms with Gasteiger partial charge in [0, 0.05) is 17.4 Å². The van der Waals surface area contributed by atoms with Crippen LogP contribution in [-0.2, 0) is 0 Å². The molecule has 3 aromatic rings. The molecule has 0 saturated carbocycles. The minimum atomic E-state index is 0.178. The minimum absolute atomic E-state index is 0.178. The SMILES string of the molecule is CCCOc1ncn(-c2ccc(NC(=S)Nc3cccc(O)c3)cc2)n1. The van der Waals surface area contributed by atoms with Gasteiger partial charge in [-0.1, -0.05) is 13.0 Å². The normalized spacial score (nSPS) is 10.3. The Bertz CT molecular complexity index is 879. The minimum Gasteiger partial charge on any atom is -0.508 e. The van der Waals surface area contributed by atoms with Crippen molar-refractivity contribution in [1.82, 2.24) is 14.8 Å². The zero-order valence-electron chi connectivity index (χ0n) is 14.2. The van der Waals surface area contributed by atoms with Gasteiger partial charge >= 0.3 is 6.01 Å². The molecule has 1 aromatic heterocycles. The topological polar surface area (TPSA) is 84.2 Å². The molecule has 0 aliphatic carbocycles. The van der Waals surface area contributed by atoms with Crippen molar-refractivity contribution in [1.29, 1.82) is 0 Å². The highest BCUT2D eigenvalue weighted by molar-refractivity contribution is 7.80. The molecule has 0 atom stereocenters. The van der Waals surface area contributed by atoms with E-state index in [0.717, 1.165) is 17.8 Å². The zero-order chi connectivity index (χ0) is 18.4. The van der Waals surface area contributed by atoms with Crippen molar-refractivity contribution in [2.24, 2.45) is 0 Å². The van der Waals surface area contributed by atoms with E-state index >= 15 is 0 Å². The van der Waals surface area contributed by atoms with Gasteiger partial charge < -0.3 is 20.5 Å². The lowest BCUT2D eigenvalue weighted by Gasteiger charge is -2.11. The van der Waals surface area contributed by atoms with Crippen molar-refractivity contribution < 1.29 is 9.84 Å². The molecule has 3 N–H and O–H groups in total. The summed E-state index contributed by atoms with van der Waals surface area (Å²) < 4.78 is 7.05. The molecule has 2 aromatic carbocycles. The van der Waals surface area contributed by atoms with E-state index in [0.29, 0.717) is 23.4 Å². The maximum Gasteiger partial charge on any atom is 0.335 e. The number of aromatic hydroxyl groups is 1. The summed E-state index contributed by atoms with van der Waals surface area (Å²) in [4.78, 5) is 4.12. The van der Waals surface area contributed by atoms with E-state index in [4.69, 9.17) is 17.0 Å². The van der Waals surface area contributed by atoms with Gasteiger partial charge in [0.25, 0.3) is 0 Å². The Hall–Kier alpha value is -3.13. The molecule has 3 rings (SSSR count). The molecule has 0 saturated heterocycles. The van der Waals surface area contributed by atoms with Crippen LogP contribution in [0.3, 0.4) is 0 Å². The van der Waals surface area contributed by atoms with E-state index in [1.807, 2.05) is 37.3 Å². The van der Waals surface area contributed by atoms with Gasteiger partial charge in [0.1, 0.15) is 12.1 Å². The van der Waals surface area contributed by atoms with Crippen LogP contribution in [-0.4, -0.2) is 31.6 Å². The molecule has 7 nitrogen and oxygen atoms in total. The van der Waals surface area contributed by atoms with Gasteiger partial charge in [0.05, 0.1) is 12.3 Å². The molecule has 0 radical (unpaired) electrons. The highest BCUT2D eigenvalue weighted by atomic mass is 32.1. The molecule has 1 heterocycles. The lowest BCUT2D eigenvalue weighted by Crippen LogP contribution is -2.18. The number of phenols is 1. The smallest absolute Gasteiger partial charge is 0.335 e. The van der Waals surface area contributed by atoms with Gasteiger partial charge in [-0.05, 0) is 55.0 Å². The molecule has 0 aliphatic heterocycles. The number of anilines is 2. The molecule has 26 heavy (non-hydrogen) atoms. The molecule has 0 aliphatic rings. The number of aromatic nitrogens is 3. The summed E-state index contributed by atoms with van der Waals surface area (Å²) in [6.07, 6.45) is 2.52. The van der Waals surface area contributed by atoms with Gasteiger partial charge in [0.15, 0.2) is 5.11 Å². The van der Waals surface area contributed by atoms with Crippen molar-refractivity contribution >= 4 is 28.7 Å². The average Bonchev–Trinajstić information content (AvgIpc) is 3.09. The second-order valence-corrected chi connectivity index (χ2v) is 5.90. The monoisotopic (exact) mass is 369 g/mol. The summed E-state index contributed by atoms with van der Waals surface area (Å²) in [5, 5.41) is 20.3. The zero-order valence-corrected chi connectivity index (χ0v) is 15.0. The van der Waals surface area contributed by atoms with Crippen molar-refractivity contribution in [3.8, 4) is 17.4 Å². The lowest BCUT2D eigenvalue weighted by molar-refractivity contribution is 0.292. The van der Waals surface area contributed by atoms with E-state index < -0.39 is 0 Å². The highest BCUT2D eigenvalue weighted by Crippen LogP contribution is 2.17. The summed E-state index contributed by atoms with van der Waals surface area (Å²) in [7, 11) is 0. The van der Waals surface area contributed by atoms with E-state index in [1.54, 1.807) is 29.2 Å². The molecular weight excluding hydrogens is 350 g/mol. The van der Waals surface area contributed by atoms with Crippen molar-refractivity contribution in [2.75, 3.05) is 17.2 Å². The number of benzene rings is 2. The first kappa shape index (κ1) is 17.7. The van der Waals surface area contributed by atoms with Crippen molar-refractivity contribution in [2.45, 2.75) is 13.3 Å². The first-order valence-electron chi connectivity index (χ1n) is 8.16. The van der Waals surface area contributed by atoms with Crippen LogP contribution in [0, 0.1) is 0 Å². The highest BCUT2D eigenvalue weighted by Gasteiger charge is 2.04. The molecule has 8 heteroatoms. The number of hydrogen-bond donors (Lipinski definition) is 3. The molecule has 134 valence electrons. The molecular formula is C18H19N5O2S. The van der Waals surface area contributed by atoms with E-state index in [9.17, 15) is 5.11 Å². The third kappa shape index (κ3) is 4.70. The summed E-state index contributed by atoms with van der Waals surface area (Å²) in [6, 6.07) is 14.7. The predicted octanol–water partition coefficient (Wildman–Crippen LogP) is 3.57. The van der Waals surface area contributed by atoms with Gasteiger partial charge in [-0.2, -0.15) is 4.98 Å². The Kier molecular flexibility index (Phi) is 5.65. The number of rotatable bonds is 6. The first-order chi connectivity index (χ1) is 12.6. The van der Waals surface area contributed by atoms with Crippen LogP contribution < -0.4 is 15.4 Å². The largest absolute Gasteiger partial charge is 0.508 e. The first-order valence-corrected chi connectivity index (χ1v) is 8.57. The third-order valence-corrected chi connectivity index (χ3v) is 3.60. The number of ether oxygens (including phenoxy) is 1. The lowest BCUT2D eigenvalue weighted by atomic mass is 10.3. The van der Waals surface area contributed by atoms with Gasteiger partial charge in [0.2, 0.25) is 0 Å². The van der Waals surface area contributed by atoms with Crippen LogP contribution in [0.5, 0.6) is 11.8 Å². The third-order valence-electron chi connectivity index (χ3n) is 3.40. The van der Waals surface area contributed by atoms with Crippen LogP contribution >= 0.6 is 12.2 Å². The van der Waals surface area contributed by atoms with E-state index in [-0.39, 0.29) is 5.75 Å². The summed E-state index contributed by atoms with van der Waals surface area (Å²) >= 11 is 5.28. The maximum absolute atomic E-state index is 9.48. The standard InChI is InChI=1S/C18H19N5O2S/c1-2-10-25-17-19-12-23(22-17)15-8-6-13(7-9-15)20-18(26)21-14-4-3-5-16(24)11-14/h3-9,11-12,24H,2,10H2,1H3,(H2,20,21,26). The molecule has 0 amide bonds. The van der Waals surface area contributed by atoms with Crippen LogP contribution in [0.1, 0.15) is 13.3 Å². The fourth-order valence-corrected chi connectivity index (χ4v) is 2.44. The van der Waals surface area contributed by atoms with Crippen LogP contribution in [0.2, 0.25) is 0 Å². The summed E-state index contributed by atoms with van der Waals surface area (Å²) in [5.41, 5.74) is 2.40. The molecule has 0 spiro atoms. The number of hydrogen-bond acceptors (Lipinski definition) is 5. The predicted molar refractivity (Wildman–Crippen MR) is 105 cm³/mol. The Balaban J connectivity index is 1.60. The Labute approximate surface area is 156 Å². The maximum atomic E-state index is 9.48. The number of thiocarbonyl (C=S) groups is 1. The van der Waals surface area contributed by atoms with Gasteiger partial charge in [-0.25, -0.2) is 4.68 Å². The van der Waals surface area contributed by atoms with Crippen molar-refractivity contribution in [3.63, 3.8) is 0 Å². The van der Waals surface area contributed by atoms with Crippen LogP contribution in [0.25, 0.3) is 5.69 Å². The average molecular weight is 369 g/mol. The fourth-order valence-electron chi connectivity index (χ4n) is 2.21. The second-order valence-electron chi connectivity index (χ2n) is 5.50. The summed E-state index contributed by atoms with van der Waals surface area (Å²) in [6.45, 7) is 2.62. The quantitative estimate of drug-likeness (QED) is 0.573. The van der Waals surface area contributed by atoms with Gasteiger partial charge in [-0.15, -0.1) is 5.10 Å². The number of nitrogens with zero attached hydrogens (tertiary/aromatic N) is 3. The Morgan fingerprint density at radius 2 is 1.92 bits per heavy atom. The van der Waals surface area contributed by atoms with E-state index in [1.165, 1.54) is 0 Å². The molecule has 0 unspecified atom stereocenters. The van der Waals surface area contributed by atoms with Gasteiger partial charge in [-0.3, -0.25) is 0 Å². The van der Waals surface area contributed by atoms with Crippen LogP contribution in [0.4, 0.5) is 11.4 Å². The number of nitrogens with one attached hydrogen (secondary N) is 2. The fraction of sp³-hybridized carbons (Fsp3) is 0.167. The Morgan fingerprint density at radius 3 is 2.65 bits per heavy atom. The number of phenolic OH excluding ortho intramolecular Hbond substituents is 1. The van der Waals surface area contributed by atoms with Crippen molar-refractivity contribution in [3.05, 3.63) is 54.9 Å². The van der Waals surface area contributed by atoms with E-state index in [2.05, 4.69) is 20.7 Å². The molecule has 0 bridgehead atoms. The second kappa shape index (κ2) is 8.30.